The highest BCUT2D eigenvalue weighted by Gasteiger charge is 2.29. The largest absolute Gasteiger partial charge is 0.340 e. The van der Waals surface area contributed by atoms with E-state index >= 15 is 0 Å². The van der Waals surface area contributed by atoms with Crippen molar-refractivity contribution in [2.24, 2.45) is 5.73 Å². The molecule has 0 saturated carbocycles. The number of carbonyl (C=O) groups excluding carboxylic acids is 1. The van der Waals surface area contributed by atoms with Gasteiger partial charge in [-0.05, 0) is 31.0 Å². The van der Waals surface area contributed by atoms with Gasteiger partial charge in [-0.25, -0.2) is 0 Å². The minimum Gasteiger partial charge on any atom is -0.340 e. The maximum Gasteiger partial charge on any atom is 0.242 e. The van der Waals surface area contributed by atoms with E-state index in [4.69, 9.17) is 5.73 Å². The average molecular weight is 350 g/mol. The van der Waals surface area contributed by atoms with Gasteiger partial charge in [0.05, 0.1) is 5.54 Å². The van der Waals surface area contributed by atoms with Crippen LogP contribution < -0.4 is 5.73 Å². The van der Waals surface area contributed by atoms with Crippen molar-refractivity contribution in [2.75, 3.05) is 7.05 Å². The molecule has 1 amide bonds. The molecule has 1 atom stereocenters. The first-order valence-corrected chi connectivity index (χ1v) is 6.95. The number of nitrogens with two attached hydrogens (primary N) is 1. The standard InChI is InChI=1S/C14H21BrN2O.ClH/c1-4-9-14(2,16)13(18)17(3)10-11-5-7-12(15)8-6-11;/h5-8H,4,9-10,16H2,1-3H3;1H. The summed E-state index contributed by atoms with van der Waals surface area (Å²) < 4.78 is 1.04. The Bertz CT molecular complexity index is 406. The zero-order valence-electron chi connectivity index (χ0n) is 11.6. The summed E-state index contributed by atoms with van der Waals surface area (Å²) in [6, 6.07) is 7.95. The van der Waals surface area contributed by atoms with Gasteiger partial charge in [0.25, 0.3) is 0 Å². The van der Waals surface area contributed by atoms with Crippen molar-refractivity contribution in [1.82, 2.24) is 4.90 Å². The molecular weight excluding hydrogens is 328 g/mol. The number of rotatable bonds is 5. The number of halogens is 2. The highest BCUT2D eigenvalue weighted by atomic mass is 79.9. The first kappa shape index (κ1) is 18.4. The molecule has 5 heteroatoms. The third-order valence-corrected chi connectivity index (χ3v) is 3.47. The molecule has 19 heavy (non-hydrogen) atoms. The summed E-state index contributed by atoms with van der Waals surface area (Å²) in [7, 11) is 1.80. The summed E-state index contributed by atoms with van der Waals surface area (Å²) in [6.45, 7) is 4.42. The van der Waals surface area contributed by atoms with E-state index in [2.05, 4.69) is 15.9 Å². The predicted molar refractivity (Wildman–Crippen MR) is 85.4 cm³/mol. The van der Waals surface area contributed by atoms with Crippen LogP contribution in [-0.4, -0.2) is 23.4 Å². The summed E-state index contributed by atoms with van der Waals surface area (Å²) in [5.41, 5.74) is 6.38. The number of likely N-dealkylation sites (N-methyl/N-ethyl adjacent to an activating group) is 1. The van der Waals surface area contributed by atoms with Gasteiger partial charge < -0.3 is 10.6 Å². The van der Waals surface area contributed by atoms with Crippen LogP contribution in [0.1, 0.15) is 32.3 Å². The van der Waals surface area contributed by atoms with Crippen LogP contribution in [-0.2, 0) is 11.3 Å². The van der Waals surface area contributed by atoms with E-state index in [1.807, 2.05) is 31.2 Å². The average Bonchev–Trinajstić information content (AvgIpc) is 2.31. The zero-order valence-corrected chi connectivity index (χ0v) is 14.1. The van der Waals surface area contributed by atoms with Gasteiger partial charge in [-0.2, -0.15) is 0 Å². The molecule has 0 aliphatic carbocycles. The van der Waals surface area contributed by atoms with Crippen LogP contribution in [0.5, 0.6) is 0 Å². The first-order chi connectivity index (χ1) is 8.36. The van der Waals surface area contributed by atoms with Crippen molar-refractivity contribution in [3.8, 4) is 0 Å². The van der Waals surface area contributed by atoms with Crippen LogP contribution >= 0.6 is 28.3 Å². The fraction of sp³-hybridized carbons (Fsp3) is 0.500. The van der Waals surface area contributed by atoms with Gasteiger partial charge in [0.1, 0.15) is 0 Å². The Hall–Kier alpha value is -0.580. The predicted octanol–water partition coefficient (Wildman–Crippen LogP) is 3.35. The quantitative estimate of drug-likeness (QED) is 0.886. The third-order valence-electron chi connectivity index (χ3n) is 2.94. The monoisotopic (exact) mass is 348 g/mol. The van der Waals surface area contributed by atoms with E-state index in [0.29, 0.717) is 13.0 Å². The molecule has 0 spiro atoms. The van der Waals surface area contributed by atoms with E-state index in [0.717, 1.165) is 16.5 Å². The minimum atomic E-state index is -0.765. The van der Waals surface area contributed by atoms with Crippen LogP contribution in [0.25, 0.3) is 0 Å². The molecule has 0 saturated heterocycles. The maximum atomic E-state index is 12.2. The van der Waals surface area contributed by atoms with Gasteiger partial charge in [-0.15, -0.1) is 12.4 Å². The Morgan fingerprint density at radius 2 is 1.89 bits per heavy atom. The Labute approximate surface area is 130 Å². The molecule has 1 unspecified atom stereocenters. The van der Waals surface area contributed by atoms with E-state index in [1.54, 1.807) is 18.9 Å². The summed E-state index contributed by atoms with van der Waals surface area (Å²) in [5.74, 6) is -0.00716. The van der Waals surface area contributed by atoms with Crippen molar-refractivity contribution in [3.05, 3.63) is 34.3 Å². The SMILES string of the molecule is CCCC(C)(N)C(=O)N(C)Cc1ccc(Br)cc1.Cl. The number of carbonyl (C=O) groups is 1. The van der Waals surface area contributed by atoms with Crippen molar-refractivity contribution in [2.45, 2.75) is 38.8 Å². The molecule has 0 bridgehead atoms. The fourth-order valence-corrected chi connectivity index (χ4v) is 2.26. The Morgan fingerprint density at radius 3 is 2.37 bits per heavy atom. The number of benzene rings is 1. The van der Waals surface area contributed by atoms with E-state index < -0.39 is 5.54 Å². The van der Waals surface area contributed by atoms with E-state index in [9.17, 15) is 4.79 Å². The normalized spacial score (nSPS) is 13.3. The lowest BCUT2D eigenvalue weighted by Crippen LogP contribution is -2.51. The van der Waals surface area contributed by atoms with Crippen molar-refractivity contribution in [3.63, 3.8) is 0 Å². The molecule has 0 heterocycles. The van der Waals surface area contributed by atoms with Gasteiger partial charge in [-0.1, -0.05) is 41.4 Å². The molecule has 0 aliphatic heterocycles. The lowest BCUT2D eigenvalue weighted by atomic mass is 9.96. The van der Waals surface area contributed by atoms with Gasteiger partial charge in [0, 0.05) is 18.1 Å². The highest BCUT2D eigenvalue weighted by molar-refractivity contribution is 9.10. The topological polar surface area (TPSA) is 46.3 Å². The molecule has 0 aliphatic rings. The molecule has 2 N–H and O–H groups in total. The third kappa shape index (κ3) is 5.51. The van der Waals surface area contributed by atoms with Gasteiger partial charge in [-0.3, -0.25) is 4.79 Å². The zero-order chi connectivity index (χ0) is 13.8. The number of hydrogen-bond donors (Lipinski definition) is 1. The molecule has 1 aromatic rings. The summed E-state index contributed by atoms with van der Waals surface area (Å²) in [4.78, 5) is 13.9. The van der Waals surface area contributed by atoms with Crippen LogP contribution in [0.3, 0.4) is 0 Å². The van der Waals surface area contributed by atoms with Crippen LogP contribution in [0.2, 0.25) is 0 Å². The number of amides is 1. The highest BCUT2D eigenvalue weighted by Crippen LogP contribution is 2.15. The van der Waals surface area contributed by atoms with Crippen molar-refractivity contribution < 1.29 is 4.79 Å². The number of nitrogens with zero attached hydrogens (tertiary/aromatic N) is 1. The molecule has 0 radical (unpaired) electrons. The maximum absolute atomic E-state index is 12.2. The summed E-state index contributed by atoms with van der Waals surface area (Å²) >= 11 is 3.39. The van der Waals surface area contributed by atoms with Gasteiger partial charge in [0.15, 0.2) is 0 Å². The van der Waals surface area contributed by atoms with Crippen LogP contribution in [0, 0.1) is 0 Å². The van der Waals surface area contributed by atoms with Crippen LogP contribution in [0.4, 0.5) is 0 Å². The Balaban J connectivity index is 0.00000324. The molecule has 3 nitrogen and oxygen atoms in total. The Kier molecular flexibility index (Phi) is 7.64. The Morgan fingerprint density at radius 1 is 1.37 bits per heavy atom. The molecule has 108 valence electrons. The van der Waals surface area contributed by atoms with Crippen molar-refractivity contribution >= 4 is 34.2 Å². The molecule has 0 fully saturated rings. The lowest BCUT2D eigenvalue weighted by molar-refractivity contribution is -0.135. The van der Waals surface area contributed by atoms with Crippen LogP contribution in [0.15, 0.2) is 28.7 Å². The van der Waals surface area contributed by atoms with Gasteiger partial charge >= 0.3 is 0 Å². The minimum absolute atomic E-state index is 0. The summed E-state index contributed by atoms with van der Waals surface area (Å²) in [6.07, 6.45) is 1.61. The summed E-state index contributed by atoms with van der Waals surface area (Å²) in [5, 5.41) is 0. The first-order valence-electron chi connectivity index (χ1n) is 6.15. The molecule has 0 aromatic heterocycles. The van der Waals surface area contributed by atoms with Crippen molar-refractivity contribution in [1.29, 1.82) is 0 Å². The number of hydrogen-bond acceptors (Lipinski definition) is 2. The van der Waals surface area contributed by atoms with Gasteiger partial charge in [0.2, 0.25) is 5.91 Å². The second-order valence-corrected chi connectivity index (χ2v) is 5.87. The smallest absolute Gasteiger partial charge is 0.242 e. The second-order valence-electron chi connectivity index (χ2n) is 4.96. The molecular formula is C14H22BrClN2O. The van der Waals surface area contributed by atoms with E-state index in [1.165, 1.54) is 0 Å². The lowest BCUT2D eigenvalue weighted by Gasteiger charge is -2.29. The fourth-order valence-electron chi connectivity index (χ4n) is 2.00. The molecule has 1 rings (SSSR count). The molecule has 1 aromatic carbocycles. The second kappa shape index (κ2) is 7.88. The van der Waals surface area contributed by atoms with E-state index in [-0.39, 0.29) is 18.3 Å².